The fraction of sp³-hybridized carbons (Fsp3) is 0.192. The summed E-state index contributed by atoms with van der Waals surface area (Å²) in [4.78, 5) is 23.0. The zero-order chi connectivity index (χ0) is 25.2. The molecular formula is C26H25ClFN5O2. The van der Waals surface area contributed by atoms with E-state index >= 15 is 0 Å². The van der Waals surface area contributed by atoms with Crippen LogP contribution in [0.3, 0.4) is 0 Å². The summed E-state index contributed by atoms with van der Waals surface area (Å²) in [6.45, 7) is 2.02. The largest absolute Gasteiger partial charge is 0.327 e. The summed E-state index contributed by atoms with van der Waals surface area (Å²) in [7, 11) is 0. The molecule has 0 aliphatic carbocycles. The fourth-order valence-electron chi connectivity index (χ4n) is 3.38. The van der Waals surface area contributed by atoms with E-state index in [1.54, 1.807) is 13.0 Å². The normalized spacial score (nSPS) is 11.3. The molecule has 0 spiro atoms. The van der Waals surface area contributed by atoms with E-state index in [9.17, 15) is 14.0 Å². The van der Waals surface area contributed by atoms with Gasteiger partial charge in [0.15, 0.2) is 0 Å². The van der Waals surface area contributed by atoms with Crippen molar-refractivity contribution in [2.75, 3.05) is 0 Å². The summed E-state index contributed by atoms with van der Waals surface area (Å²) in [6.07, 6.45) is 1.06. The lowest BCUT2D eigenvalue weighted by molar-refractivity contribution is -0.117. The van der Waals surface area contributed by atoms with Gasteiger partial charge in [-0.15, -0.1) is 10.2 Å². The average Bonchev–Trinajstić information content (AvgIpc) is 3.29. The molecule has 1 aromatic heterocycles. The van der Waals surface area contributed by atoms with E-state index in [0.717, 1.165) is 22.3 Å². The first kappa shape index (κ1) is 25.9. The molecule has 0 saturated carbocycles. The van der Waals surface area contributed by atoms with Crippen LogP contribution in [0.25, 0.3) is 11.1 Å². The van der Waals surface area contributed by atoms with Crippen LogP contribution < -0.4 is 5.73 Å². The predicted molar refractivity (Wildman–Crippen MR) is 132 cm³/mol. The Morgan fingerprint density at radius 3 is 2.29 bits per heavy atom. The van der Waals surface area contributed by atoms with E-state index < -0.39 is 5.24 Å². The van der Waals surface area contributed by atoms with Gasteiger partial charge < -0.3 is 5.73 Å². The molecule has 35 heavy (non-hydrogen) atoms. The van der Waals surface area contributed by atoms with Crippen LogP contribution in [0.15, 0.2) is 78.9 Å². The smallest absolute Gasteiger partial charge is 0.293 e. The summed E-state index contributed by atoms with van der Waals surface area (Å²) in [5.74, 6) is -0.212. The van der Waals surface area contributed by atoms with Crippen molar-refractivity contribution in [3.05, 3.63) is 102 Å². The van der Waals surface area contributed by atoms with E-state index in [4.69, 9.17) is 17.3 Å². The number of rotatable bonds is 8. The summed E-state index contributed by atoms with van der Waals surface area (Å²) in [5, 5.41) is 10.3. The lowest BCUT2D eigenvalue weighted by Crippen LogP contribution is -2.25. The minimum absolute atomic E-state index is 0.0763. The van der Waals surface area contributed by atoms with Crippen molar-refractivity contribution in [3.8, 4) is 11.1 Å². The van der Waals surface area contributed by atoms with Gasteiger partial charge in [0.1, 0.15) is 11.6 Å². The van der Waals surface area contributed by atoms with Gasteiger partial charge in [-0.05, 0) is 64.5 Å². The number of nitrogens with two attached hydrogens (primary N) is 1. The number of Topliss-reactive ketones (excluding diaryl/α,β-unsaturated/α-hetero) is 1. The molecule has 180 valence electrons. The molecule has 3 aromatic carbocycles. The molecule has 4 rings (SSSR count). The molecule has 0 unspecified atom stereocenters. The first-order chi connectivity index (χ1) is 16.8. The highest BCUT2D eigenvalue weighted by Gasteiger charge is 2.09. The third kappa shape index (κ3) is 8.51. The second-order valence-electron chi connectivity index (χ2n) is 7.98. The van der Waals surface area contributed by atoms with Crippen molar-refractivity contribution in [2.45, 2.75) is 32.4 Å². The number of nitrogens with zero attached hydrogens (tertiary/aromatic N) is 4. The Morgan fingerprint density at radius 2 is 1.69 bits per heavy atom. The lowest BCUT2D eigenvalue weighted by atomic mass is 9.99. The highest BCUT2D eigenvalue weighted by molar-refractivity contribution is 6.67. The highest BCUT2D eigenvalue weighted by Crippen LogP contribution is 2.21. The van der Waals surface area contributed by atoms with E-state index in [1.807, 2.05) is 60.7 Å². The third-order valence-electron chi connectivity index (χ3n) is 4.95. The molecule has 0 radical (unpaired) electrons. The maximum Gasteiger partial charge on any atom is 0.293 e. The third-order valence-corrected chi connectivity index (χ3v) is 5.12. The number of tetrazole rings is 1. The quantitative estimate of drug-likeness (QED) is 0.364. The Kier molecular flexibility index (Phi) is 9.34. The number of aromatic nitrogens is 4. The van der Waals surface area contributed by atoms with Crippen molar-refractivity contribution in [1.29, 1.82) is 0 Å². The first-order valence-corrected chi connectivity index (χ1v) is 11.3. The molecular weight excluding hydrogens is 469 g/mol. The number of hydrogen-bond donors (Lipinski definition) is 1. The van der Waals surface area contributed by atoms with Gasteiger partial charge in [-0.3, -0.25) is 9.59 Å². The lowest BCUT2D eigenvalue weighted by Gasteiger charge is -2.10. The second kappa shape index (κ2) is 12.6. The van der Waals surface area contributed by atoms with E-state index in [-0.39, 0.29) is 23.5 Å². The van der Waals surface area contributed by atoms with Crippen LogP contribution in [-0.4, -0.2) is 37.3 Å². The molecule has 0 fully saturated rings. The van der Waals surface area contributed by atoms with Gasteiger partial charge >= 0.3 is 0 Å². The Labute approximate surface area is 207 Å². The molecule has 2 N–H and O–H groups in total. The van der Waals surface area contributed by atoms with Crippen molar-refractivity contribution in [1.82, 2.24) is 20.2 Å². The number of carbonyl (C=O) groups is 2. The standard InChI is InChI=1S/C17H18FNO.C9H7ClN4O/c1-12(20)9-17(19)10-13-5-7-14(8-6-13)15-3-2-4-16(18)11-15;10-8(15)9-11-13-14(12-9)6-7-4-2-1-3-5-7/h2-8,11,17H,9-10,19H2,1H3;1-5H,6H2/t17-;/m0./s1. The van der Waals surface area contributed by atoms with Crippen molar-refractivity contribution >= 4 is 22.6 Å². The summed E-state index contributed by atoms with van der Waals surface area (Å²) in [6, 6.07) is 23.8. The Bertz CT molecular complexity index is 1260. The van der Waals surface area contributed by atoms with Crippen LogP contribution in [0.5, 0.6) is 0 Å². The first-order valence-electron chi connectivity index (χ1n) is 10.9. The van der Waals surface area contributed by atoms with Crippen molar-refractivity contribution in [2.24, 2.45) is 5.73 Å². The van der Waals surface area contributed by atoms with E-state index in [0.29, 0.717) is 19.4 Å². The second-order valence-corrected chi connectivity index (χ2v) is 8.32. The number of carbonyl (C=O) groups excluding carboxylic acids is 2. The molecule has 0 amide bonds. The van der Waals surface area contributed by atoms with Crippen LogP contribution >= 0.6 is 11.6 Å². The maximum absolute atomic E-state index is 13.2. The monoisotopic (exact) mass is 493 g/mol. The summed E-state index contributed by atoms with van der Waals surface area (Å²) >= 11 is 5.20. The molecule has 1 atom stereocenters. The summed E-state index contributed by atoms with van der Waals surface area (Å²) in [5.41, 5.74) is 9.84. The molecule has 0 saturated heterocycles. The van der Waals surface area contributed by atoms with Crippen LogP contribution in [0.4, 0.5) is 4.39 Å². The van der Waals surface area contributed by atoms with Crippen molar-refractivity contribution in [3.63, 3.8) is 0 Å². The van der Waals surface area contributed by atoms with Crippen LogP contribution in [-0.2, 0) is 17.8 Å². The van der Waals surface area contributed by atoms with Gasteiger partial charge in [-0.25, -0.2) is 4.39 Å². The Morgan fingerprint density at radius 1 is 0.971 bits per heavy atom. The van der Waals surface area contributed by atoms with Gasteiger partial charge in [-0.1, -0.05) is 66.7 Å². The topological polar surface area (TPSA) is 104 Å². The van der Waals surface area contributed by atoms with E-state index in [2.05, 4.69) is 15.4 Å². The highest BCUT2D eigenvalue weighted by atomic mass is 35.5. The molecule has 1 heterocycles. The van der Waals surface area contributed by atoms with Gasteiger partial charge in [0.05, 0.1) is 6.54 Å². The summed E-state index contributed by atoms with van der Waals surface area (Å²) < 4.78 is 13.2. The fourth-order valence-corrected chi connectivity index (χ4v) is 3.46. The van der Waals surface area contributed by atoms with Gasteiger partial charge in [0, 0.05) is 12.5 Å². The number of benzene rings is 3. The van der Waals surface area contributed by atoms with E-state index in [1.165, 1.54) is 16.9 Å². The van der Waals surface area contributed by atoms with Crippen LogP contribution in [0.2, 0.25) is 0 Å². The number of ketones is 1. The Hall–Kier alpha value is -3.75. The van der Waals surface area contributed by atoms with Gasteiger partial charge in [-0.2, -0.15) is 4.80 Å². The molecule has 0 bridgehead atoms. The maximum atomic E-state index is 13.2. The minimum atomic E-state index is -0.700. The Balaban J connectivity index is 0.000000203. The molecule has 0 aliphatic rings. The molecule has 0 aliphatic heterocycles. The number of hydrogen-bond acceptors (Lipinski definition) is 6. The number of halogens is 2. The molecule has 4 aromatic rings. The zero-order valence-corrected chi connectivity index (χ0v) is 19.9. The van der Waals surface area contributed by atoms with Crippen LogP contribution in [0, 0.1) is 5.82 Å². The van der Waals surface area contributed by atoms with Crippen molar-refractivity contribution < 1.29 is 14.0 Å². The van der Waals surface area contributed by atoms with Gasteiger partial charge in [0.2, 0.25) is 0 Å². The predicted octanol–water partition coefficient (Wildman–Crippen LogP) is 4.44. The minimum Gasteiger partial charge on any atom is -0.327 e. The van der Waals surface area contributed by atoms with Gasteiger partial charge in [0.25, 0.3) is 11.1 Å². The van der Waals surface area contributed by atoms with Crippen LogP contribution in [0.1, 0.15) is 35.1 Å². The molecule has 9 heteroatoms. The SMILES string of the molecule is CC(=O)C[C@H](N)Cc1ccc(-c2cccc(F)c2)cc1.O=C(Cl)c1nnn(Cc2ccccc2)n1. The molecule has 7 nitrogen and oxygen atoms in total. The zero-order valence-electron chi connectivity index (χ0n) is 19.1. The average molecular weight is 494 g/mol.